The van der Waals surface area contributed by atoms with Gasteiger partial charge in [-0.1, -0.05) is 32.1 Å². The quantitative estimate of drug-likeness (QED) is 0.654. The van der Waals surface area contributed by atoms with Gasteiger partial charge in [0.2, 0.25) is 0 Å². The Bertz CT molecular complexity index is 726. The van der Waals surface area contributed by atoms with E-state index in [2.05, 4.69) is 26.5 Å². The molecule has 26 heavy (non-hydrogen) atoms. The summed E-state index contributed by atoms with van der Waals surface area (Å²) in [7, 11) is 0. The molecule has 0 heterocycles. The van der Waals surface area contributed by atoms with E-state index in [1.54, 1.807) is 12.2 Å². The van der Waals surface area contributed by atoms with Gasteiger partial charge in [-0.2, -0.15) is 0 Å². The van der Waals surface area contributed by atoms with Crippen molar-refractivity contribution in [3.8, 4) is 0 Å². The lowest BCUT2D eigenvalue weighted by atomic mass is 9.48. The predicted octanol–water partition coefficient (Wildman–Crippen LogP) is 3.97. The van der Waals surface area contributed by atoms with Gasteiger partial charge in [0, 0.05) is 11.5 Å². The second-order valence-corrected chi connectivity index (χ2v) is 9.20. The van der Waals surface area contributed by atoms with Crippen LogP contribution in [0.5, 0.6) is 0 Å². The summed E-state index contributed by atoms with van der Waals surface area (Å²) in [5.41, 5.74) is 7.59. The van der Waals surface area contributed by atoms with Gasteiger partial charge in [-0.15, -0.1) is 6.58 Å². The van der Waals surface area contributed by atoms with Crippen LogP contribution in [0.1, 0.15) is 39.5 Å². The minimum absolute atomic E-state index is 0.00386. The number of halogens is 1. The van der Waals surface area contributed by atoms with Crippen molar-refractivity contribution in [3.63, 3.8) is 0 Å². The molecule has 0 amide bonds. The lowest BCUT2D eigenvalue weighted by Gasteiger charge is -2.56. The van der Waals surface area contributed by atoms with Crippen LogP contribution in [0.2, 0.25) is 0 Å². The summed E-state index contributed by atoms with van der Waals surface area (Å²) in [6, 6.07) is -0.444. The fourth-order valence-corrected chi connectivity index (χ4v) is 6.46. The van der Waals surface area contributed by atoms with Crippen molar-refractivity contribution in [2.75, 3.05) is 0 Å². The molecule has 4 N–H and O–H groups in total. The molecular weight excluding hydrogens is 329 g/mol. The molecule has 0 bridgehead atoms. The Labute approximate surface area is 155 Å². The maximum Gasteiger partial charge on any atom is 0.119 e. The number of alkyl halides is 1. The SMILES string of the molecule is C=CCC1=C[C@@]2(C)C(=C[C@H](O)[C@H]3[C@@H]4C[C@@H](F)[C@H](N)[C@@]4(C)CC[C@@H]32)C=C1O. The number of nitrogens with two attached hydrogens (primary N) is 1. The van der Waals surface area contributed by atoms with E-state index in [1.807, 2.05) is 6.08 Å². The van der Waals surface area contributed by atoms with Crippen LogP contribution in [-0.4, -0.2) is 28.5 Å². The monoisotopic (exact) mass is 359 g/mol. The molecule has 4 heteroatoms. The zero-order valence-electron chi connectivity index (χ0n) is 15.7. The summed E-state index contributed by atoms with van der Waals surface area (Å²) in [5, 5.41) is 21.3. The molecule has 0 radical (unpaired) electrons. The predicted molar refractivity (Wildman–Crippen MR) is 101 cm³/mol. The lowest BCUT2D eigenvalue weighted by Crippen LogP contribution is -2.55. The van der Waals surface area contributed by atoms with Gasteiger partial charge in [-0.25, -0.2) is 4.39 Å². The van der Waals surface area contributed by atoms with Crippen LogP contribution in [0.25, 0.3) is 0 Å². The molecule has 4 rings (SSSR count). The van der Waals surface area contributed by atoms with Gasteiger partial charge in [-0.3, -0.25) is 0 Å². The van der Waals surface area contributed by atoms with Crippen LogP contribution in [0.4, 0.5) is 4.39 Å². The fraction of sp³-hybridized carbons (Fsp3) is 0.636. The van der Waals surface area contributed by atoms with Gasteiger partial charge in [0.1, 0.15) is 11.9 Å². The van der Waals surface area contributed by atoms with Crippen molar-refractivity contribution < 1.29 is 14.6 Å². The number of hydrogen-bond donors (Lipinski definition) is 3. The molecule has 142 valence electrons. The zero-order chi connectivity index (χ0) is 18.9. The Hall–Kier alpha value is -1.39. The third-order valence-electron chi connectivity index (χ3n) is 8.00. The number of allylic oxidation sites excluding steroid dienone is 5. The van der Waals surface area contributed by atoms with Gasteiger partial charge in [0.15, 0.2) is 0 Å². The van der Waals surface area contributed by atoms with E-state index >= 15 is 0 Å². The average molecular weight is 359 g/mol. The molecule has 0 aromatic carbocycles. The summed E-state index contributed by atoms with van der Waals surface area (Å²) in [5.74, 6) is 0.569. The molecule has 8 atom stereocenters. The topological polar surface area (TPSA) is 66.5 Å². The van der Waals surface area contributed by atoms with Crippen molar-refractivity contribution in [1.29, 1.82) is 0 Å². The van der Waals surface area contributed by atoms with Crippen LogP contribution < -0.4 is 5.73 Å². The highest BCUT2D eigenvalue weighted by molar-refractivity contribution is 5.48. The standard InChI is InChI=1S/C22H30FNO2/c1-4-5-12-11-22(3)13(8-17(12)25)9-18(26)19-14(22)6-7-21(2)15(19)10-16(23)20(21)24/h4,8-9,11,14-16,18-20,25-26H,1,5-7,10,24H2,2-3H3/t14-,15-,16+,18-,19+,20-,21-,22-/m0/s1. The highest BCUT2D eigenvalue weighted by Crippen LogP contribution is 2.64. The molecular formula is C22H30FNO2. The highest BCUT2D eigenvalue weighted by Gasteiger charge is 2.62. The molecule has 4 aliphatic rings. The first-order valence-electron chi connectivity index (χ1n) is 9.76. The number of aliphatic hydroxyl groups excluding tert-OH is 2. The second kappa shape index (κ2) is 5.80. The Kier molecular flexibility index (Phi) is 4.02. The Morgan fingerprint density at radius 2 is 2.12 bits per heavy atom. The van der Waals surface area contributed by atoms with E-state index in [4.69, 9.17) is 5.73 Å². The van der Waals surface area contributed by atoms with E-state index in [-0.39, 0.29) is 34.3 Å². The van der Waals surface area contributed by atoms with E-state index in [9.17, 15) is 14.6 Å². The lowest BCUT2D eigenvalue weighted by molar-refractivity contribution is -0.0618. The minimum Gasteiger partial charge on any atom is -0.508 e. The maximum atomic E-state index is 14.5. The molecule has 0 unspecified atom stereocenters. The van der Waals surface area contributed by atoms with Gasteiger partial charge in [-0.05, 0) is 66.1 Å². The van der Waals surface area contributed by atoms with Crippen molar-refractivity contribution in [2.45, 2.75) is 57.8 Å². The van der Waals surface area contributed by atoms with Crippen molar-refractivity contribution >= 4 is 0 Å². The van der Waals surface area contributed by atoms with Crippen LogP contribution in [0.15, 0.2) is 47.8 Å². The molecule has 0 aromatic heterocycles. The molecule has 0 saturated heterocycles. The summed E-state index contributed by atoms with van der Waals surface area (Å²) in [6.07, 6.45) is 8.87. The van der Waals surface area contributed by atoms with Crippen molar-refractivity contribution in [2.24, 2.45) is 34.3 Å². The molecule has 0 spiro atoms. The van der Waals surface area contributed by atoms with E-state index in [0.717, 1.165) is 24.0 Å². The third kappa shape index (κ3) is 2.24. The fourth-order valence-electron chi connectivity index (χ4n) is 6.46. The number of fused-ring (bicyclic) bond motifs is 5. The van der Waals surface area contributed by atoms with Gasteiger partial charge in [0.25, 0.3) is 0 Å². The normalized spacial score (nSPS) is 50.0. The van der Waals surface area contributed by atoms with Crippen LogP contribution in [-0.2, 0) is 0 Å². The zero-order valence-corrected chi connectivity index (χ0v) is 15.7. The summed E-state index contributed by atoms with van der Waals surface area (Å²) >= 11 is 0. The molecule has 0 aromatic rings. The smallest absolute Gasteiger partial charge is 0.119 e. The molecule has 0 aliphatic heterocycles. The Balaban J connectivity index is 1.79. The van der Waals surface area contributed by atoms with Crippen molar-refractivity contribution in [1.82, 2.24) is 0 Å². The first kappa shape index (κ1) is 18.0. The maximum absolute atomic E-state index is 14.5. The number of rotatable bonds is 2. The van der Waals surface area contributed by atoms with E-state index in [0.29, 0.717) is 12.8 Å². The Morgan fingerprint density at radius 3 is 2.81 bits per heavy atom. The largest absolute Gasteiger partial charge is 0.508 e. The van der Waals surface area contributed by atoms with Crippen LogP contribution in [0.3, 0.4) is 0 Å². The Morgan fingerprint density at radius 1 is 1.38 bits per heavy atom. The average Bonchev–Trinajstić information content (AvgIpc) is 2.81. The van der Waals surface area contributed by atoms with E-state index in [1.165, 1.54) is 0 Å². The van der Waals surface area contributed by atoms with Gasteiger partial charge >= 0.3 is 0 Å². The second-order valence-electron chi connectivity index (χ2n) is 9.20. The van der Waals surface area contributed by atoms with Crippen molar-refractivity contribution in [3.05, 3.63) is 47.8 Å². The van der Waals surface area contributed by atoms with Gasteiger partial charge < -0.3 is 15.9 Å². The number of aliphatic hydroxyl groups is 2. The van der Waals surface area contributed by atoms with Gasteiger partial charge in [0.05, 0.1) is 6.10 Å². The molecule has 2 fully saturated rings. The highest BCUT2D eigenvalue weighted by atomic mass is 19.1. The van der Waals surface area contributed by atoms with Crippen LogP contribution >= 0.6 is 0 Å². The molecule has 3 nitrogen and oxygen atoms in total. The van der Waals surface area contributed by atoms with E-state index < -0.39 is 18.3 Å². The first-order valence-corrected chi connectivity index (χ1v) is 9.76. The van der Waals surface area contributed by atoms with Crippen LogP contribution in [0, 0.1) is 28.6 Å². The minimum atomic E-state index is -0.990. The first-order chi connectivity index (χ1) is 12.2. The summed E-state index contributed by atoms with van der Waals surface area (Å²) in [6.45, 7) is 8.09. The summed E-state index contributed by atoms with van der Waals surface area (Å²) < 4.78 is 14.5. The number of hydrogen-bond acceptors (Lipinski definition) is 3. The third-order valence-corrected chi connectivity index (χ3v) is 8.00. The molecule has 2 saturated carbocycles. The molecule has 4 aliphatic carbocycles. The summed E-state index contributed by atoms with van der Waals surface area (Å²) in [4.78, 5) is 0.